The second-order valence-corrected chi connectivity index (χ2v) is 6.54. The Kier molecular flexibility index (Phi) is 9.73. The Balaban J connectivity index is 3.19. The average Bonchev–Trinajstić information content (AvgIpc) is 2.60. The fraction of sp³-hybridized carbons (Fsp3) is 0.550. The van der Waals surface area contributed by atoms with Crippen molar-refractivity contribution >= 4 is 29.8 Å². The van der Waals surface area contributed by atoms with Gasteiger partial charge in [0.2, 0.25) is 0 Å². The summed E-state index contributed by atoms with van der Waals surface area (Å²) in [5.74, 6) is -3.20. The normalized spacial score (nSPS) is 19.8. The molecule has 0 spiro atoms. The molecule has 10 nitrogen and oxygen atoms in total. The zero-order chi connectivity index (χ0) is 22.8. The van der Waals surface area contributed by atoms with Gasteiger partial charge >= 0.3 is 29.8 Å². The van der Waals surface area contributed by atoms with E-state index in [-0.39, 0.29) is 6.42 Å². The third kappa shape index (κ3) is 8.89. The number of hydrogen-bond acceptors (Lipinski definition) is 10. The van der Waals surface area contributed by atoms with Crippen molar-refractivity contribution in [3.63, 3.8) is 0 Å². The molecule has 10 heteroatoms. The first kappa shape index (κ1) is 24.9. The highest BCUT2D eigenvalue weighted by Crippen LogP contribution is 2.21. The smallest absolute Gasteiger partial charge is 0.330 e. The van der Waals surface area contributed by atoms with Crippen molar-refractivity contribution in [2.24, 2.45) is 0 Å². The molecule has 1 aliphatic heterocycles. The first-order valence-corrected chi connectivity index (χ1v) is 9.24. The number of carbonyl (C=O) groups is 5. The largest absolute Gasteiger partial charge is 0.459 e. The Labute approximate surface area is 174 Å². The minimum atomic E-state index is -1.17. The second-order valence-electron chi connectivity index (χ2n) is 6.54. The lowest BCUT2D eigenvalue weighted by Crippen LogP contribution is -2.45. The zero-order valence-electron chi connectivity index (χ0n) is 17.5. The van der Waals surface area contributed by atoms with Crippen LogP contribution in [0.15, 0.2) is 24.3 Å². The minimum Gasteiger partial charge on any atom is -0.459 e. The van der Waals surface area contributed by atoms with Crippen LogP contribution in [0.3, 0.4) is 0 Å². The van der Waals surface area contributed by atoms with E-state index in [0.29, 0.717) is 0 Å². The molecular weight excluding hydrogens is 400 g/mol. The van der Waals surface area contributed by atoms with Crippen LogP contribution >= 0.6 is 0 Å². The molecule has 1 aliphatic rings. The molecule has 0 bridgehead atoms. The van der Waals surface area contributed by atoms with Crippen LogP contribution in [0, 0.1) is 0 Å². The monoisotopic (exact) mass is 426 g/mol. The number of esters is 5. The fourth-order valence-corrected chi connectivity index (χ4v) is 2.72. The highest BCUT2D eigenvalue weighted by atomic mass is 16.6. The van der Waals surface area contributed by atoms with Crippen molar-refractivity contribution in [2.75, 3.05) is 0 Å². The van der Waals surface area contributed by atoms with Crippen molar-refractivity contribution in [3.05, 3.63) is 24.3 Å². The average molecular weight is 426 g/mol. The van der Waals surface area contributed by atoms with E-state index in [4.69, 9.17) is 23.7 Å². The Morgan fingerprint density at radius 2 is 1.40 bits per heavy atom. The first-order valence-electron chi connectivity index (χ1n) is 9.24. The summed E-state index contributed by atoms with van der Waals surface area (Å²) in [7, 11) is 0. The minimum absolute atomic E-state index is 0.229. The molecule has 0 aromatic heterocycles. The van der Waals surface area contributed by atoms with Gasteiger partial charge in [-0.3, -0.25) is 19.2 Å². The molecule has 0 aromatic rings. The maximum atomic E-state index is 11.6. The molecule has 0 amide bonds. The molecule has 1 rings (SSSR count). The molecule has 0 radical (unpaired) electrons. The van der Waals surface area contributed by atoms with Crippen LogP contribution in [0.4, 0.5) is 0 Å². The lowest BCUT2D eigenvalue weighted by molar-refractivity contribution is -0.178. The van der Waals surface area contributed by atoms with Gasteiger partial charge in [-0.15, -0.1) is 0 Å². The molecule has 0 saturated carbocycles. The van der Waals surface area contributed by atoms with E-state index in [1.54, 1.807) is 6.08 Å². The third-order valence-electron chi connectivity index (χ3n) is 3.79. The van der Waals surface area contributed by atoms with E-state index < -0.39 is 60.4 Å². The zero-order valence-corrected chi connectivity index (χ0v) is 17.5. The van der Waals surface area contributed by atoms with Crippen molar-refractivity contribution < 1.29 is 47.7 Å². The van der Waals surface area contributed by atoms with E-state index in [2.05, 4.69) is 0 Å². The predicted molar refractivity (Wildman–Crippen MR) is 101 cm³/mol. The molecule has 0 N–H and O–H groups in total. The molecule has 5 atom stereocenters. The van der Waals surface area contributed by atoms with Crippen LogP contribution < -0.4 is 0 Å². The quantitative estimate of drug-likeness (QED) is 0.300. The molecule has 30 heavy (non-hydrogen) atoms. The van der Waals surface area contributed by atoms with E-state index in [1.165, 1.54) is 39.0 Å². The third-order valence-corrected chi connectivity index (χ3v) is 3.79. The van der Waals surface area contributed by atoms with Crippen LogP contribution in [0.1, 0.15) is 41.0 Å². The molecule has 5 unspecified atom stereocenters. The number of carbonyl (C=O) groups excluding carboxylic acids is 5. The van der Waals surface area contributed by atoms with Gasteiger partial charge in [-0.2, -0.15) is 0 Å². The Hall–Kier alpha value is -3.17. The van der Waals surface area contributed by atoms with Crippen molar-refractivity contribution in [3.8, 4) is 0 Å². The van der Waals surface area contributed by atoms with Gasteiger partial charge in [0.25, 0.3) is 0 Å². The lowest BCUT2D eigenvalue weighted by atomic mass is 10.0. The topological polar surface area (TPSA) is 132 Å². The summed E-state index contributed by atoms with van der Waals surface area (Å²) >= 11 is 0. The summed E-state index contributed by atoms with van der Waals surface area (Å²) in [6, 6.07) is 0. The number of hydrogen-bond donors (Lipinski definition) is 0. The molecule has 0 saturated heterocycles. The van der Waals surface area contributed by atoms with E-state index in [9.17, 15) is 24.0 Å². The van der Waals surface area contributed by atoms with E-state index in [0.717, 1.165) is 13.8 Å². The SMILES string of the molecule is CC(=O)OC(C)C(C=CC(OC(C)=O)C(OC(C)=O)C1CC=CC(=O)O1)OC(C)=O. The maximum absolute atomic E-state index is 11.6. The van der Waals surface area contributed by atoms with Crippen molar-refractivity contribution in [2.45, 2.75) is 71.6 Å². The molecule has 0 fully saturated rings. The second kappa shape index (κ2) is 11.7. The van der Waals surface area contributed by atoms with Crippen molar-refractivity contribution in [1.82, 2.24) is 0 Å². The maximum Gasteiger partial charge on any atom is 0.330 e. The van der Waals surface area contributed by atoms with Gasteiger partial charge in [0, 0.05) is 40.2 Å². The van der Waals surface area contributed by atoms with Crippen LogP contribution in [0.5, 0.6) is 0 Å². The molecule has 1 heterocycles. The fourth-order valence-electron chi connectivity index (χ4n) is 2.72. The number of cyclic esters (lactones) is 1. The van der Waals surface area contributed by atoms with E-state index in [1.807, 2.05) is 0 Å². The van der Waals surface area contributed by atoms with Crippen molar-refractivity contribution in [1.29, 1.82) is 0 Å². The standard InChI is InChI=1S/C20H26O10/c1-11(26-12(2)21)16(27-13(3)22)9-10-18(28-14(4)23)20(29-15(5)24)17-7-6-8-19(25)30-17/h6,8-11,16-18,20H,7H2,1-5H3. The highest BCUT2D eigenvalue weighted by Gasteiger charge is 2.37. The van der Waals surface area contributed by atoms with Gasteiger partial charge < -0.3 is 23.7 Å². The molecule has 0 aromatic carbocycles. The van der Waals surface area contributed by atoms with Crippen LogP contribution in [0.2, 0.25) is 0 Å². The summed E-state index contributed by atoms with van der Waals surface area (Å²) in [6.07, 6.45) is 0.609. The summed E-state index contributed by atoms with van der Waals surface area (Å²) in [5, 5.41) is 0. The molecular formula is C20H26O10. The summed E-state index contributed by atoms with van der Waals surface area (Å²) < 4.78 is 25.9. The Morgan fingerprint density at radius 3 is 1.90 bits per heavy atom. The lowest BCUT2D eigenvalue weighted by Gasteiger charge is -2.31. The highest BCUT2D eigenvalue weighted by molar-refractivity contribution is 5.83. The van der Waals surface area contributed by atoms with Gasteiger partial charge in [-0.1, -0.05) is 6.08 Å². The summed E-state index contributed by atoms with van der Waals surface area (Å²) in [6.45, 7) is 6.21. The van der Waals surface area contributed by atoms with Gasteiger partial charge in [0.1, 0.15) is 12.2 Å². The summed E-state index contributed by atoms with van der Waals surface area (Å²) in [5.41, 5.74) is 0. The van der Waals surface area contributed by atoms with Gasteiger partial charge in [-0.05, 0) is 19.1 Å². The Bertz CT molecular complexity index is 723. The summed E-state index contributed by atoms with van der Waals surface area (Å²) in [4.78, 5) is 57.5. The van der Waals surface area contributed by atoms with E-state index >= 15 is 0 Å². The molecule has 0 aliphatic carbocycles. The van der Waals surface area contributed by atoms with Gasteiger partial charge in [0.05, 0.1) is 0 Å². The predicted octanol–water partition coefficient (Wildman–Crippen LogP) is 1.16. The van der Waals surface area contributed by atoms with Crippen LogP contribution in [-0.2, 0) is 47.7 Å². The Morgan fingerprint density at radius 1 is 0.900 bits per heavy atom. The van der Waals surface area contributed by atoms with Gasteiger partial charge in [0.15, 0.2) is 18.3 Å². The van der Waals surface area contributed by atoms with Crippen LogP contribution in [0.25, 0.3) is 0 Å². The van der Waals surface area contributed by atoms with Gasteiger partial charge in [-0.25, -0.2) is 4.79 Å². The first-order chi connectivity index (χ1) is 14.0. The molecule has 166 valence electrons. The number of ether oxygens (including phenoxy) is 5. The number of rotatable bonds is 9. The van der Waals surface area contributed by atoms with Crippen LogP contribution in [-0.4, -0.2) is 60.4 Å².